The predicted molar refractivity (Wildman–Crippen MR) is 92.6 cm³/mol. The molecule has 0 radical (unpaired) electrons. The molecule has 1 aromatic carbocycles. The first kappa shape index (κ1) is 18.0. The highest BCUT2D eigenvalue weighted by molar-refractivity contribution is 7.91. The monoisotopic (exact) mass is 351 g/mol. The third-order valence-corrected chi connectivity index (χ3v) is 5.53. The molecule has 1 amide bonds. The van der Waals surface area contributed by atoms with Crippen LogP contribution < -0.4 is 10.6 Å². The Kier molecular flexibility index (Phi) is 5.61. The maximum Gasteiger partial charge on any atom is 0.244 e. The van der Waals surface area contributed by atoms with E-state index in [0.717, 1.165) is 0 Å². The summed E-state index contributed by atoms with van der Waals surface area (Å²) in [6, 6.07) is 8.64. The zero-order chi connectivity index (χ0) is 17.7. The number of rotatable bonds is 7. The summed E-state index contributed by atoms with van der Waals surface area (Å²) >= 11 is 0. The molecule has 0 atom stereocenters. The smallest absolute Gasteiger partial charge is 0.244 e. The number of carbonyl (C=O) groups is 1. The number of hydrogen-bond acceptors (Lipinski definition) is 6. The molecule has 0 unspecified atom stereocenters. The number of anilines is 2. The van der Waals surface area contributed by atoms with Crippen LogP contribution in [0, 0.1) is 6.92 Å². The van der Waals surface area contributed by atoms with E-state index < -0.39 is 15.1 Å². The van der Waals surface area contributed by atoms with Gasteiger partial charge in [-0.3, -0.25) is 4.79 Å². The summed E-state index contributed by atoms with van der Waals surface area (Å²) in [6.45, 7) is 5.09. The minimum atomic E-state index is -3.16. The summed E-state index contributed by atoms with van der Waals surface area (Å²) < 4.78 is 28.8. The van der Waals surface area contributed by atoms with Crippen LogP contribution in [0.25, 0.3) is 0 Å². The Balaban J connectivity index is 1.93. The van der Waals surface area contributed by atoms with Crippen molar-refractivity contribution in [2.24, 2.45) is 0 Å². The minimum absolute atomic E-state index is 0.0232. The van der Waals surface area contributed by atoms with Gasteiger partial charge in [0.2, 0.25) is 5.91 Å². The number of aromatic nitrogens is 1. The summed E-state index contributed by atoms with van der Waals surface area (Å²) in [5.74, 6) is 0.668. The Morgan fingerprint density at radius 1 is 1.29 bits per heavy atom. The quantitative estimate of drug-likeness (QED) is 0.794. The molecule has 130 valence electrons. The van der Waals surface area contributed by atoms with Gasteiger partial charge in [0, 0.05) is 11.8 Å². The van der Waals surface area contributed by atoms with Gasteiger partial charge in [0.25, 0.3) is 0 Å². The topological polar surface area (TPSA) is 101 Å². The SMILES string of the molecule is Cc1cc(NC(=O)CNc2cccc(CS(=O)(=O)C(C)C)c2)no1. The van der Waals surface area contributed by atoms with Crippen LogP contribution in [0.2, 0.25) is 0 Å². The molecule has 0 aliphatic carbocycles. The Labute approximate surface area is 141 Å². The Morgan fingerprint density at radius 2 is 2.04 bits per heavy atom. The number of nitrogens with one attached hydrogen (secondary N) is 2. The zero-order valence-corrected chi connectivity index (χ0v) is 14.7. The lowest BCUT2D eigenvalue weighted by Gasteiger charge is -2.10. The number of sulfone groups is 1. The molecular weight excluding hydrogens is 330 g/mol. The number of nitrogens with zero attached hydrogens (tertiary/aromatic N) is 1. The molecule has 8 heteroatoms. The van der Waals surface area contributed by atoms with Crippen LogP contribution in [-0.4, -0.2) is 31.3 Å². The van der Waals surface area contributed by atoms with E-state index in [1.807, 2.05) is 0 Å². The largest absolute Gasteiger partial charge is 0.376 e. The van der Waals surface area contributed by atoms with E-state index in [2.05, 4.69) is 15.8 Å². The van der Waals surface area contributed by atoms with Crippen LogP contribution in [0.1, 0.15) is 25.2 Å². The second kappa shape index (κ2) is 7.48. The average Bonchev–Trinajstić information content (AvgIpc) is 2.90. The molecule has 2 N–H and O–H groups in total. The number of hydrogen-bond donors (Lipinski definition) is 2. The van der Waals surface area contributed by atoms with Crippen LogP contribution >= 0.6 is 0 Å². The van der Waals surface area contributed by atoms with E-state index in [1.54, 1.807) is 51.1 Å². The average molecular weight is 351 g/mol. The molecule has 0 saturated carbocycles. The highest BCUT2D eigenvalue weighted by Gasteiger charge is 2.16. The number of carbonyl (C=O) groups excluding carboxylic acids is 1. The molecule has 24 heavy (non-hydrogen) atoms. The van der Waals surface area contributed by atoms with Gasteiger partial charge < -0.3 is 15.2 Å². The van der Waals surface area contributed by atoms with E-state index in [9.17, 15) is 13.2 Å². The molecule has 0 aliphatic rings. The van der Waals surface area contributed by atoms with E-state index in [-0.39, 0.29) is 18.2 Å². The van der Waals surface area contributed by atoms with E-state index in [4.69, 9.17) is 4.52 Å². The third-order valence-electron chi connectivity index (χ3n) is 3.36. The van der Waals surface area contributed by atoms with Gasteiger partial charge in [-0.2, -0.15) is 0 Å². The van der Waals surface area contributed by atoms with Gasteiger partial charge in [-0.1, -0.05) is 17.3 Å². The van der Waals surface area contributed by atoms with Gasteiger partial charge in [0.15, 0.2) is 15.7 Å². The molecule has 0 saturated heterocycles. The zero-order valence-electron chi connectivity index (χ0n) is 13.9. The lowest BCUT2D eigenvalue weighted by atomic mass is 10.2. The van der Waals surface area contributed by atoms with Crippen molar-refractivity contribution in [3.63, 3.8) is 0 Å². The predicted octanol–water partition coefficient (Wildman–Crippen LogP) is 2.36. The molecule has 1 aromatic heterocycles. The van der Waals surface area contributed by atoms with Crippen molar-refractivity contribution in [1.29, 1.82) is 0 Å². The third kappa shape index (κ3) is 5.09. The number of amides is 1. The molecule has 0 aliphatic heterocycles. The Hall–Kier alpha value is -2.35. The molecule has 2 rings (SSSR count). The molecule has 0 fully saturated rings. The van der Waals surface area contributed by atoms with Gasteiger partial charge in [0.05, 0.1) is 17.5 Å². The van der Waals surface area contributed by atoms with E-state index >= 15 is 0 Å². The standard InChI is InChI=1S/C16H21N3O4S/c1-11(2)24(21,22)10-13-5-4-6-14(8-13)17-9-16(20)18-15-7-12(3)23-19-15/h4-8,11,17H,9-10H2,1-3H3,(H,18,19,20). The fourth-order valence-electron chi connectivity index (χ4n) is 1.96. The molecular formula is C16H21N3O4S. The summed E-state index contributed by atoms with van der Waals surface area (Å²) in [7, 11) is -3.16. The maximum atomic E-state index is 12.0. The van der Waals surface area contributed by atoms with Gasteiger partial charge in [-0.25, -0.2) is 8.42 Å². The first-order valence-corrected chi connectivity index (χ1v) is 9.25. The second-order valence-electron chi connectivity index (χ2n) is 5.78. The van der Waals surface area contributed by atoms with Crippen molar-refractivity contribution >= 4 is 27.2 Å². The molecule has 2 aromatic rings. The van der Waals surface area contributed by atoms with Crippen molar-refractivity contribution in [1.82, 2.24) is 5.16 Å². The van der Waals surface area contributed by atoms with Gasteiger partial charge in [0.1, 0.15) is 5.76 Å². The van der Waals surface area contributed by atoms with E-state index in [0.29, 0.717) is 22.8 Å². The van der Waals surface area contributed by atoms with Crippen LogP contribution in [0.4, 0.5) is 11.5 Å². The van der Waals surface area contributed by atoms with Crippen LogP contribution in [0.15, 0.2) is 34.9 Å². The van der Waals surface area contributed by atoms with Crippen LogP contribution in [0.5, 0.6) is 0 Å². The number of aryl methyl sites for hydroxylation is 1. The van der Waals surface area contributed by atoms with Gasteiger partial charge in [-0.05, 0) is 38.5 Å². The molecule has 1 heterocycles. The lowest BCUT2D eigenvalue weighted by molar-refractivity contribution is -0.114. The normalized spacial score (nSPS) is 11.5. The maximum absolute atomic E-state index is 12.0. The molecule has 7 nitrogen and oxygen atoms in total. The lowest BCUT2D eigenvalue weighted by Crippen LogP contribution is -2.22. The second-order valence-corrected chi connectivity index (χ2v) is 8.34. The van der Waals surface area contributed by atoms with Crippen LogP contribution in [0.3, 0.4) is 0 Å². The summed E-state index contributed by atoms with van der Waals surface area (Å²) in [6.07, 6.45) is 0. The van der Waals surface area contributed by atoms with Gasteiger partial charge >= 0.3 is 0 Å². The van der Waals surface area contributed by atoms with Crippen molar-refractivity contribution in [2.45, 2.75) is 31.8 Å². The van der Waals surface area contributed by atoms with Crippen molar-refractivity contribution < 1.29 is 17.7 Å². The summed E-state index contributed by atoms with van der Waals surface area (Å²) in [5.41, 5.74) is 1.36. The summed E-state index contributed by atoms with van der Waals surface area (Å²) in [4.78, 5) is 11.8. The van der Waals surface area contributed by atoms with Crippen molar-refractivity contribution in [2.75, 3.05) is 17.2 Å². The Morgan fingerprint density at radius 3 is 2.67 bits per heavy atom. The van der Waals surface area contributed by atoms with Gasteiger partial charge in [-0.15, -0.1) is 0 Å². The highest BCUT2D eigenvalue weighted by atomic mass is 32.2. The van der Waals surface area contributed by atoms with Crippen molar-refractivity contribution in [3.8, 4) is 0 Å². The van der Waals surface area contributed by atoms with Crippen LogP contribution in [-0.2, 0) is 20.4 Å². The minimum Gasteiger partial charge on any atom is -0.376 e. The summed E-state index contributed by atoms with van der Waals surface area (Å²) in [5, 5.41) is 8.82. The first-order valence-electron chi connectivity index (χ1n) is 7.54. The highest BCUT2D eigenvalue weighted by Crippen LogP contribution is 2.15. The Bertz CT molecular complexity index is 812. The van der Waals surface area contributed by atoms with Crippen molar-refractivity contribution in [3.05, 3.63) is 41.7 Å². The first-order chi connectivity index (χ1) is 11.3. The molecule has 0 bridgehead atoms. The number of benzene rings is 1. The fourth-order valence-corrected chi connectivity index (χ4v) is 2.94. The van der Waals surface area contributed by atoms with E-state index in [1.165, 1.54) is 0 Å². The fraction of sp³-hybridized carbons (Fsp3) is 0.375. The molecule has 0 spiro atoms.